The van der Waals surface area contributed by atoms with Crippen LogP contribution in [-0.2, 0) is 44.6 Å². The summed E-state index contributed by atoms with van der Waals surface area (Å²) in [6.07, 6.45) is -19.3. The Balaban J connectivity index is 1.18. The highest BCUT2D eigenvalue weighted by molar-refractivity contribution is 5.90. The fraction of sp³-hybridized carbons (Fsp3) is 0.452. The maximum atomic E-state index is 13.3. The predicted molar refractivity (Wildman–Crippen MR) is 206 cm³/mol. The zero-order chi connectivity index (χ0) is 44.7. The van der Waals surface area contributed by atoms with Crippen molar-refractivity contribution in [1.29, 1.82) is 0 Å². The maximum Gasteiger partial charge on any atom is 0.338 e. The van der Waals surface area contributed by atoms with E-state index in [0.29, 0.717) is 5.56 Å². The highest BCUT2D eigenvalue weighted by Gasteiger charge is 2.61. The Kier molecular flexibility index (Phi) is 15.4. The van der Waals surface area contributed by atoms with Crippen molar-refractivity contribution in [2.75, 3.05) is 19.8 Å². The monoisotopic (exact) mass is 872 g/mol. The maximum absolute atomic E-state index is 13.3. The number of carbonyl (C=O) groups excluding carboxylic acids is 3. The van der Waals surface area contributed by atoms with Crippen molar-refractivity contribution in [2.45, 2.75) is 99.0 Å². The summed E-state index contributed by atoms with van der Waals surface area (Å²) >= 11 is 0. The lowest BCUT2D eigenvalue weighted by atomic mass is 9.98. The number of esters is 3. The van der Waals surface area contributed by atoms with Gasteiger partial charge in [0.2, 0.25) is 12.1 Å². The lowest BCUT2D eigenvalue weighted by molar-refractivity contribution is -0.383. The molecule has 3 fully saturated rings. The number of hydrogen-bond acceptors (Lipinski definition) is 20. The SMILES string of the molecule is CC1OC(Oc2ccc(C=CC(=O)OC3C(O)C(CO)OC3(CO)OC3OC(COC(=O)c4ccccc4)C(OC(=O)c4ccccc4)C(O)C3O)cc2CO)C(O)C(O)C1O. The van der Waals surface area contributed by atoms with Gasteiger partial charge in [0, 0.05) is 11.6 Å². The van der Waals surface area contributed by atoms with Gasteiger partial charge in [-0.25, -0.2) is 14.4 Å². The van der Waals surface area contributed by atoms with Crippen LogP contribution in [-0.4, -0.2) is 169 Å². The van der Waals surface area contributed by atoms with E-state index in [-0.39, 0.29) is 22.4 Å². The van der Waals surface area contributed by atoms with E-state index in [0.717, 1.165) is 6.08 Å². The van der Waals surface area contributed by atoms with Crippen LogP contribution >= 0.6 is 0 Å². The zero-order valence-corrected chi connectivity index (χ0v) is 33.0. The summed E-state index contributed by atoms with van der Waals surface area (Å²) in [6.45, 7) is -1.84. The highest BCUT2D eigenvalue weighted by Crippen LogP contribution is 2.39. The average Bonchev–Trinajstić information content (AvgIpc) is 3.55. The molecular formula is C42H48O20. The van der Waals surface area contributed by atoms with E-state index in [1.807, 2.05) is 0 Å². The lowest BCUT2D eigenvalue weighted by Crippen LogP contribution is -2.64. The van der Waals surface area contributed by atoms with E-state index in [1.54, 1.807) is 36.4 Å². The Morgan fingerprint density at radius 2 is 1.35 bits per heavy atom. The van der Waals surface area contributed by atoms with Crippen LogP contribution < -0.4 is 4.74 Å². The Hall–Kier alpha value is -4.91. The molecule has 0 amide bonds. The summed E-state index contributed by atoms with van der Waals surface area (Å²) in [5.41, 5.74) is 0.709. The molecule has 3 aromatic carbocycles. The van der Waals surface area contributed by atoms with Crippen LogP contribution in [0.2, 0.25) is 0 Å². The largest absolute Gasteiger partial charge is 0.462 e. The topological polar surface area (TPSA) is 307 Å². The first-order valence-electron chi connectivity index (χ1n) is 19.4. The number of aliphatic hydroxyl groups excluding tert-OH is 9. The molecule has 3 heterocycles. The van der Waals surface area contributed by atoms with Gasteiger partial charge in [-0.15, -0.1) is 0 Å². The summed E-state index contributed by atoms with van der Waals surface area (Å²) in [5, 5.41) is 94.8. The van der Waals surface area contributed by atoms with Crippen LogP contribution in [0, 0.1) is 0 Å². The molecule has 6 rings (SSSR count). The number of hydrogen-bond donors (Lipinski definition) is 9. The summed E-state index contributed by atoms with van der Waals surface area (Å²) in [6, 6.07) is 19.7. The molecule has 0 aromatic heterocycles. The average molecular weight is 873 g/mol. The lowest BCUT2D eigenvalue weighted by Gasteiger charge is -2.44. The van der Waals surface area contributed by atoms with E-state index in [4.69, 9.17) is 37.9 Å². The minimum Gasteiger partial charge on any atom is -0.462 e. The molecular weight excluding hydrogens is 824 g/mol. The molecule has 0 bridgehead atoms. The molecule has 14 atom stereocenters. The Morgan fingerprint density at radius 3 is 1.98 bits per heavy atom. The molecule has 3 aromatic rings. The van der Waals surface area contributed by atoms with Crippen molar-refractivity contribution in [3.63, 3.8) is 0 Å². The van der Waals surface area contributed by atoms with E-state index < -0.39 is 130 Å². The molecule has 0 saturated carbocycles. The van der Waals surface area contributed by atoms with Gasteiger partial charge in [-0.05, 0) is 55.0 Å². The van der Waals surface area contributed by atoms with Gasteiger partial charge in [0.1, 0.15) is 67.8 Å². The summed E-state index contributed by atoms with van der Waals surface area (Å²) < 4.78 is 45.0. The fourth-order valence-electron chi connectivity index (χ4n) is 6.98. The third kappa shape index (κ3) is 10.3. The normalized spacial score (nSPS) is 33.5. The molecule has 3 aliphatic heterocycles. The summed E-state index contributed by atoms with van der Waals surface area (Å²) in [4.78, 5) is 39.2. The molecule has 20 nitrogen and oxygen atoms in total. The molecule has 3 aliphatic rings. The quantitative estimate of drug-likeness (QED) is 0.0467. The standard InChI is InChI=1S/C42H48O20/c1-21-30(47)32(49)34(51)40(56-21)57-26-14-12-22(16-25(26)17-43)13-15-29(46)59-37-31(48)27(18-44)61-42(37,20-45)62-41-35(52)33(50)36(60-39(54)24-10-6-3-7-11-24)28(58-41)19-55-38(53)23-8-4-2-5-9-23/h2-16,21,27-28,30-37,40-41,43-45,47-52H,17-20H2,1H3. The summed E-state index contributed by atoms with van der Waals surface area (Å²) in [5.74, 6) is -5.41. The fourth-order valence-corrected chi connectivity index (χ4v) is 6.98. The number of aliphatic hydroxyl groups is 9. The predicted octanol–water partition coefficient (Wildman–Crippen LogP) is -1.70. The molecule has 14 unspecified atom stereocenters. The number of carbonyl (C=O) groups is 3. The number of ether oxygens (including phenoxy) is 8. The van der Waals surface area contributed by atoms with Gasteiger partial charge in [0.15, 0.2) is 18.5 Å². The first-order chi connectivity index (χ1) is 29.7. The molecule has 3 saturated heterocycles. The number of benzene rings is 3. The van der Waals surface area contributed by atoms with Gasteiger partial charge in [-0.3, -0.25) is 0 Å². The molecule has 20 heteroatoms. The molecule has 0 spiro atoms. The zero-order valence-electron chi connectivity index (χ0n) is 33.0. The van der Waals surface area contributed by atoms with Gasteiger partial charge in [0.05, 0.1) is 30.4 Å². The number of rotatable bonds is 15. The van der Waals surface area contributed by atoms with Crippen LogP contribution in [0.3, 0.4) is 0 Å². The van der Waals surface area contributed by atoms with Crippen LogP contribution in [0.4, 0.5) is 0 Å². The first-order valence-corrected chi connectivity index (χ1v) is 19.4. The van der Waals surface area contributed by atoms with Crippen LogP contribution in [0.5, 0.6) is 5.75 Å². The van der Waals surface area contributed by atoms with Gasteiger partial charge in [0.25, 0.3) is 0 Å². The second-order valence-electron chi connectivity index (χ2n) is 14.7. The van der Waals surface area contributed by atoms with Crippen molar-refractivity contribution < 1.29 is 98.2 Å². The van der Waals surface area contributed by atoms with Gasteiger partial charge in [-0.2, -0.15) is 0 Å². The van der Waals surface area contributed by atoms with Gasteiger partial charge < -0.3 is 83.9 Å². The smallest absolute Gasteiger partial charge is 0.338 e. The Morgan fingerprint density at radius 1 is 0.710 bits per heavy atom. The Labute approximate surface area is 353 Å². The van der Waals surface area contributed by atoms with Crippen molar-refractivity contribution in [1.82, 2.24) is 0 Å². The summed E-state index contributed by atoms with van der Waals surface area (Å²) in [7, 11) is 0. The van der Waals surface area contributed by atoms with Crippen LogP contribution in [0.1, 0.15) is 38.8 Å². The molecule has 0 radical (unpaired) electrons. The van der Waals surface area contributed by atoms with Gasteiger partial charge in [-0.1, -0.05) is 42.5 Å². The second-order valence-corrected chi connectivity index (χ2v) is 14.7. The van der Waals surface area contributed by atoms with Crippen molar-refractivity contribution in [3.05, 3.63) is 107 Å². The van der Waals surface area contributed by atoms with E-state index in [9.17, 15) is 60.3 Å². The van der Waals surface area contributed by atoms with Crippen molar-refractivity contribution >= 4 is 24.0 Å². The van der Waals surface area contributed by atoms with Crippen molar-refractivity contribution in [2.24, 2.45) is 0 Å². The van der Waals surface area contributed by atoms with Crippen LogP contribution in [0.15, 0.2) is 84.9 Å². The molecule has 62 heavy (non-hydrogen) atoms. The van der Waals surface area contributed by atoms with Crippen molar-refractivity contribution in [3.8, 4) is 5.75 Å². The Bertz CT molecular complexity index is 2000. The third-order valence-electron chi connectivity index (χ3n) is 10.4. The minimum absolute atomic E-state index is 0.0488. The highest BCUT2D eigenvalue weighted by atomic mass is 16.8. The van der Waals surface area contributed by atoms with E-state index in [2.05, 4.69) is 0 Å². The third-order valence-corrected chi connectivity index (χ3v) is 10.4. The second kappa shape index (κ2) is 20.5. The van der Waals surface area contributed by atoms with Crippen LogP contribution in [0.25, 0.3) is 6.08 Å². The minimum atomic E-state index is -2.57. The first kappa shape index (κ1) is 46.6. The molecule has 336 valence electrons. The van der Waals surface area contributed by atoms with E-state index in [1.165, 1.54) is 55.5 Å². The molecule has 0 aliphatic carbocycles. The molecule has 9 N–H and O–H groups in total. The van der Waals surface area contributed by atoms with Gasteiger partial charge >= 0.3 is 17.9 Å². The van der Waals surface area contributed by atoms with E-state index >= 15 is 0 Å².